The molecule has 9 heteroatoms. The van der Waals surface area contributed by atoms with E-state index >= 15 is 0 Å². The van der Waals surface area contributed by atoms with Gasteiger partial charge in [-0.1, -0.05) is 30.3 Å². The molecular weight excluding hydrogens is 434 g/mol. The molecular formula is C22H27N3O4S2. The zero-order valence-electron chi connectivity index (χ0n) is 17.7. The van der Waals surface area contributed by atoms with Crippen molar-refractivity contribution in [2.75, 3.05) is 11.9 Å². The average molecular weight is 462 g/mol. The number of nitrogens with two attached hydrogens (primary N) is 1. The minimum Gasteiger partial charge on any atom is -0.466 e. The van der Waals surface area contributed by atoms with E-state index in [1.165, 1.54) is 16.9 Å². The summed E-state index contributed by atoms with van der Waals surface area (Å²) in [5.74, 6) is -1.20. The molecule has 0 spiro atoms. The maximum Gasteiger partial charge on any atom is 0.305 e. The van der Waals surface area contributed by atoms with Gasteiger partial charge < -0.3 is 21.1 Å². The van der Waals surface area contributed by atoms with Gasteiger partial charge in [0.05, 0.1) is 12.2 Å². The smallest absolute Gasteiger partial charge is 0.305 e. The molecule has 1 aromatic carbocycles. The molecule has 0 unspecified atom stereocenters. The lowest BCUT2D eigenvalue weighted by molar-refractivity contribution is -0.143. The van der Waals surface area contributed by atoms with Gasteiger partial charge in [-0.05, 0) is 56.5 Å². The highest BCUT2D eigenvalue weighted by Gasteiger charge is 2.18. The Kier molecular flexibility index (Phi) is 9.61. The van der Waals surface area contributed by atoms with Crippen LogP contribution in [0.15, 0.2) is 30.3 Å². The van der Waals surface area contributed by atoms with Gasteiger partial charge in [0.25, 0.3) is 5.91 Å². The Bertz CT molecular complexity index is 942. The van der Waals surface area contributed by atoms with E-state index in [2.05, 4.69) is 10.6 Å². The first-order valence-electron chi connectivity index (χ1n) is 9.98. The maximum atomic E-state index is 12.1. The summed E-state index contributed by atoms with van der Waals surface area (Å²) < 4.78 is 5.20. The predicted octanol–water partition coefficient (Wildman–Crippen LogP) is 3.62. The Balaban J connectivity index is 1.64. The monoisotopic (exact) mass is 461 g/mol. The van der Waals surface area contributed by atoms with E-state index in [9.17, 15) is 14.4 Å². The number of primary amides is 1. The van der Waals surface area contributed by atoms with Crippen LogP contribution >= 0.6 is 23.6 Å². The second kappa shape index (κ2) is 12.2. The fraction of sp³-hybridized carbons (Fsp3) is 0.364. The minimum absolute atomic E-state index is 0.0808. The number of carbonyl (C=O) groups excluding carboxylic acids is 3. The summed E-state index contributed by atoms with van der Waals surface area (Å²) in [7, 11) is 0. The number of thiophene rings is 1. The van der Waals surface area contributed by atoms with Crippen molar-refractivity contribution >= 4 is 51.5 Å². The number of nitrogens with one attached hydrogen (secondary N) is 2. The molecule has 31 heavy (non-hydrogen) atoms. The van der Waals surface area contributed by atoms with Crippen LogP contribution in [0.4, 0.5) is 5.00 Å². The summed E-state index contributed by atoms with van der Waals surface area (Å²) in [4.78, 5) is 36.4. The van der Waals surface area contributed by atoms with Crippen molar-refractivity contribution in [2.45, 2.75) is 46.0 Å². The van der Waals surface area contributed by atoms with E-state index in [1.807, 2.05) is 37.3 Å². The summed E-state index contributed by atoms with van der Waals surface area (Å²) in [6, 6.07) is 9.99. The van der Waals surface area contributed by atoms with Crippen LogP contribution in [0.2, 0.25) is 0 Å². The highest BCUT2D eigenvalue weighted by Crippen LogP contribution is 2.31. The predicted molar refractivity (Wildman–Crippen MR) is 126 cm³/mol. The van der Waals surface area contributed by atoms with E-state index in [0.717, 1.165) is 23.3 Å². The molecule has 7 nitrogen and oxygen atoms in total. The van der Waals surface area contributed by atoms with Gasteiger partial charge in [0, 0.05) is 17.7 Å². The lowest BCUT2D eigenvalue weighted by Crippen LogP contribution is -2.34. The van der Waals surface area contributed by atoms with Crippen molar-refractivity contribution in [3.63, 3.8) is 0 Å². The van der Waals surface area contributed by atoms with Crippen molar-refractivity contribution in [1.29, 1.82) is 0 Å². The standard InChI is InChI=1S/C22H27N3O4S2/c1-14-15(2)31-21(19(14)20(23)28)25-22(30)24-17(26)11-6-12-18(27)29-13-7-10-16-8-4-3-5-9-16/h3-5,8-9H,6-7,10-13H2,1-2H3,(H2,23,28)(H2,24,25,26,30). The van der Waals surface area contributed by atoms with Crippen LogP contribution in [-0.2, 0) is 20.7 Å². The molecule has 0 aliphatic rings. The van der Waals surface area contributed by atoms with E-state index < -0.39 is 5.91 Å². The number of esters is 1. The summed E-state index contributed by atoms with van der Waals surface area (Å²) >= 11 is 6.49. The summed E-state index contributed by atoms with van der Waals surface area (Å²) in [6.45, 7) is 4.04. The Morgan fingerprint density at radius 3 is 2.48 bits per heavy atom. The summed E-state index contributed by atoms with van der Waals surface area (Å²) in [6.07, 6.45) is 2.25. The Morgan fingerprint density at radius 1 is 1.10 bits per heavy atom. The second-order valence-electron chi connectivity index (χ2n) is 7.02. The molecule has 4 N–H and O–H groups in total. The molecule has 0 aliphatic carbocycles. The van der Waals surface area contributed by atoms with E-state index in [-0.39, 0.29) is 29.8 Å². The second-order valence-corrected chi connectivity index (χ2v) is 8.65. The number of carbonyl (C=O) groups is 3. The van der Waals surface area contributed by atoms with Crippen LogP contribution in [0.5, 0.6) is 0 Å². The summed E-state index contributed by atoms with van der Waals surface area (Å²) in [5.41, 5.74) is 7.79. The van der Waals surface area contributed by atoms with Crippen LogP contribution in [0.25, 0.3) is 0 Å². The van der Waals surface area contributed by atoms with E-state index in [0.29, 0.717) is 23.6 Å². The van der Waals surface area contributed by atoms with Crippen molar-refractivity contribution < 1.29 is 19.1 Å². The van der Waals surface area contributed by atoms with Crippen LogP contribution in [0.1, 0.15) is 52.0 Å². The molecule has 0 fully saturated rings. The maximum absolute atomic E-state index is 12.1. The SMILES string of the molecule is Cc1sc(NC(=S)NC(=O)CCCC(=O)OCCCc2ccccc2)c(C(N)=O)c1C. The summed E-state index contributed by atoms with van der Waals surface area (Å²) in [5, 5.41) is 6.00. The topological polar surface area (TPSA) is 111 Å². The number of hydrogen-bond acceptors (Lipinski definition) is 6. The van der Waals surface area contributed by atoms with Gasteiger partial charge in [-0.15, -0.1) is 11.3 Å². The molecule has 0 saturated heterocycles. The van der Waals surface area contributed by atoms with Crippen LogP contribution in [0.3, 0.4) is 0 Å². The Hall–Kier alpha value is -2.78. The number of amides is 2. The molecule has 0 radical (unpaired) electrons. The Labute approximate surface area is 191 Å². The number of ether oxygens (including phenoxy) is 1. The molecule has 0 aliphatic heterocycles. The number of aryl methyl sites for hydroxylation is 2. The molecule has 0 atom stereocenters. The number of benzene rings is 1. The van der Waals surface area contributed by atoms with Crippen molar-refractivity contribution in [3.8, 4) is 0 Å². The number of hydrogen-bond donors (Lipinski definition) is 3. The number of thiocarbonyl (C=S) groups is 1. The molecule has 0 bridgehead atoms. The molecule has 2 rings (SSSR count). The third-order valence-electron chi connectivity index (χ3n) is 4.61. The van der Waals surface area contributed by atoms with Crippen LogP contribution < -0.4 is 16.4 Å². The minimum atomic E-state index is -0.555. The van der Waals surface area contributed by atoms with Gasteiger partial charge >= 0.3 is 5.97 Å². The average Bonchev–Trinajstić information content (AvgIpc) is 2.99. The van der Waals surface area contributed by atoms with Crippen molar-refractivity contribution in [2.24, 2.45) is 5.73 Å². The fourth-order valence-electron chi connectivity index (χ4n) is 2.91. The first-order valence-corrected chi connectivity index (χ1v) is 11.2. The fourth-order valence-corrected chi connectivity index (χ4v) is 4.26. The van der Waals surface area contributed by atoms with Gasteiger partial charge in [0.2, 0.25) is 5.91 Å². The molecule has 166 valence electrons. The van der Waals surface area contributed by atoms with Crippen LogP contribution in [-0.4, -0.2) is 29.5 Å². The highest BCUT2D eigenvalue weighted by molar-refractivity contribution is 7.80. The highest BCUT2D eigenvalue weighted by atomic mass is 32.1. The van der Waals surface area contributed by atoms with E-state index in [4.69, 9.17) is 22.7 Å². The quantitative estimate of drug-likeness (QED) is 0.283. The van der Waals surface area contributed by atoms with Crippen molar-refractivity contribution in [3.05, 3.63) is 51.9 Å². The van der Waals surface area contributed by atoms with Gasteiger partial charge in [-0.2, -0.15) is 0 Å². The third kappa shape index (κ3) is 8.10. The number of anilines is 1. The molecule has 2 aromatic rings. The molecule has 1 heterocycles. The first-order chi connectivity index (χ1) is 14.8. The largest absolute Gasteiger partial charge is 0.466 e. The molecule has 1 aromatic heterocycles. The van der Waals surface area contributed by atoms with Crippen molar-refractivity contribution in [1.82, 2.24) is 5.32 Å². The zero-order chi connectivity index (χ0) is 22.8. The third-order valence-corrected chi connectivity index (χ3v) is 5.94. The first kappa shape index (κ1) is 24.5. The normalized spacial score (nSPS) is 10.4. The van der Waals surface area contributed by atoms with Crippen LogP contribution in [0, 0.1) is 13.8 Å². The van der Waals surface area contributed by atoms with Gasteiger partial charge in [0.1, 0.15) is 5.00 Å². The molecule has 2 amide bonds. The lowest BCUT2D eigenvalue weighted by atomic mass is 10.1. The van der Waals surface area contributed by atoms with Gasteiger partial charge in [-0.25, -0.2) is 0 Å². The molecule has 0 saturated carbocycles. The lowest BCUT2D eigenvalue weighted by Gasteiger charge is -2.09. The van der Waals surface area contributed by atoms with E-state index in [1.54, 1.807) is 6.92 Å². The number of rotatable bonds is 10. The zero-order valence-corrected chi connectivity index (χ0v) is 19.3. The van der Waals surface area contributed by atoms with Gasteiger partial charge in [-0.3, -0.25) is 14.4 Å². The Morgan fingerprint density at radius 2 is 1.81 bits per heavy atom. The van der Waals surface area contributed by atoms with Gasteiger partial charge in [0.15, 0.2) is 5.11 Å².